The fourth-order valence-corrected chi connectivity index (χ4v) is 6.56. The van der Waals surface area contributed by atoms with E-state index in [1.807, 2.05) is 32.0 Å². The van der Waals surface area contributed by atoms with Crippen LogP contribution in [0, 0.1) is 0 Å². The Morgan fingerprint density at radius 3 is 2.47 bits per heavy atom. The van der Waals surface area contributed by atoms with Crippen LogP contribution in [0.5, 0.6) is 11.5 Å². The van der Waals surface area contributed by atoms with Crippen LogP contribution in [0.25, 0.3) is 0 Å². The molecule has 3 rings (SSSR count). The van der Waals surface area contributed by atoms with Gasteiger partial charge in [0.2, 0.25) is 6.79 Å². The minimum absolute atomic E-state index is 0.154. The zero-order chi connectivity index (χ0) is 25.1. The molecule has 0 bridgehead atoms. The fourth-order valence-electron chi connectivity index (χ4n) is 3.95. The van der Waals surface area contributed by atoms with Crippen molar-refractivity contribution in [1.82, 2.24) is 4.90 Å². The molecule has 2 aliphatic heterocycles. The Bertz CT molecular complexity index is 807. The minimum Gasteiger partial charge on any atom is -0.454 e. The molecule has 1 aromatic carbocycles. The molecule has 0 saturated carbocycles. The monoisotopic (exact) mass is 551 g/mol. The number of alkyl halides is 2. The number of ether oxygens (including phenoxy) is 2. The first-order chi connectivity index (χ1) is 16.2. The molecule has 1 aromatic rings. The summed E-state index contributed by atoms with van der Waals surface area (Å²) < 4.78 is 23.0. The molecule has 2 unspecified atom stereocenters. The molecule has 2 heterocycles. The number of nitrogens with zero attached hydrogens (tertiary/aromatic N) is 1. The van der Waals surface area contributed by atoms with Gasteiger partial charge in [-0.05, 0) is 44.4 Å². The number of unbranched alkanes of at least 4 members (excludes halogenated alkanes) is 5. The van der Waals surface area contributed by atoms with E-state index in [0.717, 1.165) is 42.4 Å². The second-order valence-electron chi connectivity index (χ2n) is 9.14. The lowest BCUT2D eigenvalue weighted by molar-refractivity contribution is -0.131. The first-order valence-corrected chi connectivity index (χ1v) is 15.4. The molecule has 0 aliphatic carbocycles. The number of benzene rings is 1. The van der Waals surface area contributed by atoms with Crippen LogP contribution in [-0.4, -0.2) is 54.8 Å². The second kappa shape index (κ2) is 14.8. The van der Waals surface area contributed by atoms with Crippen LogP contribution in [0.4, 0.5) is 0 Å². The van der Waals surface area contributed by atoms with Crippen LogP contribution in [0.1, 0.15) is 71.8 Å². The molecule has 2 aliphatic rings. The van der Waals surface area contributed by atoms with Crippen molar-refractivity contribution in [2.75, 3.05) is 24.8 Å². The first-order valence-electron chi connectivity index (χ1n) is 12.1. The van der Waals surface area contributed by atoms with Crippen molar-refractivity contribution in [3.05, 3.63) is 23.8 Å². The van der Waals surface area contributed by atoms with Crippen molar-refractivity contribution < 1.29 is 18.5 Å². The predicted octanol–water partition coefficient (Wildman–Crippen LogP) is 6.56. The van der Waals surface area contributed by atoms with E-state index in [2.05, 4.69) is 13.8 Å². The summed E-state index contributed by atoms with van der Waals surface area (Å²) in [7, 11) is -0.743. The Labute approximate surface area is 222 Å². The van der Waals surface area contributed by atoms with E-state index < -0.39 is 15.6 Å². The van der Waals surface area contributed by atoms with Crippen molar-refractivity contribution in [2.45, 2.75) is 87.6 Å². The van der Waals surface area contributed by atoms with Gasteiger partial charge in [-0.2, -0.15) is 0 Å². The number of rotatable bonds is 11. The van der Waals surface area contributed by atoms with Crippen molar-refractivity contribution >= 4 is 51.7 Å². The summed E-state index contributed by atoms with van der Waals surface area (Å²) in [6.07, 6.45) is 8.32. The van der Waals surface area contributed by atoms with Gasteiger partial charge in [0.05, 0.1) is 4.87 Å². The zero-order valence-corrected chi connectivity index (χ0v) is 24.0. The van der Waals surface area contributed by atoms with E-state index in [1.165, 1.54) is 37.7 Å². The Hall–Kier alpha value is -0.630. The van der Waals surface area contributed by atoms with Gasteiger partial charge in [0.1, 0.15) is 0 Å². The van der Waals surface area contributed by atoms with Gasteiger partial charge in [-0.1, -0.05) is 75.2 Å². The number of amides is 1. The molecular weight excluding hydrogens is 513 g/mol. The lowest BCUT2D eigenvalue weighted by Gasteiger charge is -2.30. The highest BCUT2D eigenvalue weighted by atomic mass is 35.5. The van der Waals surface area contributed by atoms with Crippen molar-refractivity contribution in [1.29, 1.82) is 0 Å². The number of halogens is 2. The maximum atomic E-state index is 12.3. The third-order valence-electron chi connectivity index (χ3n) is 5.98. The third kappa shape index (κ3) is 9.44. The van der Waals surface area contributed by atoms with E-state index in [9.17, 15) is 9.00 Å². The summed E-state index contributed by atoms with van der Waals surface area (Å²) in [6.45, 7) is 9.35. The molecule has 0 aromatic heterocycles. The van der Waals surface area contributed by atoms with Crippen LogP contribution in [0.3, 0.4) is 0 Å². The molecule has 5 nitrogen and oxygen atoms in total. The summed E-state index contributed by atoms with van der Waals surface area (Å²) in [5.41, 5.74) is 1.17. The predicted molar refractivity (Wildman–Crippen MR) is 146 cm³/mol. The molecular formula is C25H39Cl2NO4S2. The van der Waals surface area contributed by atoms with Gasteiger partial charge < -0.3 is 14.4 Å². The molecule has 9 heteroatoms. The molecule has 0 N–H and O–H groups in total. The van der Waals surface area contributed by atoms with Gasteiger partial charge in [0.25, 0.3) is 5.91 Å². The number of fused-ring (bicyclic) bond motifs is 1. The highest BCUT2D eigenvalue weighted by Gasteiger charge is 2.38. The molecule has 1 fully saturated rings. The van der Waals surface area contributed by atoms with Gasteiger partial charge in [0, 0.05) is 34.1 Å². The smallest absolute Gasteiger partial charge is 0.256 e. The quantitative estimate of drug-likeness (QED) is 0.230. The topological polar surface area (TPSA) is 55.8 Å². The van der Waals surface area contributed by atoms with Crippen molar-refractivity contribution in [3.8, 4) is 11.5 Å². The summed E-state index contributed by atoms with van der Waals surface area (Å²) in [5.74, 6) is 3.22. The molecule has 2 atom stereocenters. The van der Waals surface area contributed by atoms with Gasteiger partial charge in [0.15, 0.2) is 16.3 Å². The molecule has 0 radical (unpaired) electrons. The summed E-state index contributed by atoms with van der Waals surface area (Å²) in [5, 5.41) is 0.191. The van der Waals surface area contributed by atoms with Crippen molar-refractivity contribution in [2.24, 2.45) is 0 Å². The molecule has 0 spiro atoms. The van der Waals surface area contributed by atoms with Gasteiger partial charge >= 0.3 is 0 Å². The van der Waals surface area contributed by atoms with E-state index in [-0.39, 0.29) is 16.0 Å². The maximum absolute atomic E-state index is 12.3. The zero-order valence-electron chi connectivity index (χ0n) is 20.8. The van der Waals surface area contributed by atoms with E-state index in [1.54, 1.807) is 16.7 Å². The number of hydrogen-bond donors (Lipinski definition) is 0. The Balaban J connectivity index is 0.000000287. The summed E-state index contributed by atoms with van der Waals surface area (Å²) >= 11 is 12.7. The largest absolute Gasteiger partial charge is 0.454 e. The highest BCUT2D eigenvalue weighted by Crippen LogP contribution is 2.36. The second-order valence-corrected chi connectivity index (χ2v) is 13.9. The molecule has 1 amide bonds. The van der Waals surface area contributed by atoms with Crippen LogP contribution >= 0.6 is 35.0 Å². The lowest BCUT2D eigenvalue weighted by atomic mass is 10.1. The van der Waals surface area contributed by atoms with Crippen LogP contribution in [0.2, 0.25) is 0 Å². The Morgan fingerprint density at radius 1 is 1.15 bits per heavy atom. The van der Waals surface area contributed by atoms with Crippen LogP contribution in [-0.2, 0) is 22.0 Å². The molecule has 1 saturated heterocycles. The van der Waals surface area contributed by atoms with Gasteiger partial charge in [-0.3, -0.25) is 9.00 Å². The van der Waals surface area contributed by atoms with Crippen LogP contribution < -0.4 is 9.47 Å². The SMILES string of the molecule is CC1(C)SCCN1C(=O)C(Cl)Cl.CCCCCCCCS(=O)C(C)Cc1ccc2c(c1)OCO2. The molecule has 34 heavy (non-hydrogen) atoms. The lowest BCUT2D eigenvalue weighted by Crippen LogP contribution is -2.43. The standard InChI is InChI=1S/C18H28O3S.C7H11Cl2NOS/c1-3-4-5-6-7-8-11-22(19)15(2)12-16-9-10-17-18(13-16)21-14-20-17;1-7(2)10(3-4-12-7)6(11)5(8)9/h9-10,13,15H,3-8,11-12,14H2,1-2H3;5H,3-4H2,1-2H3. The average molecular weight is 553 g/mol. The summed E-state index contributed by atoms with van der Waals surface area (Å²) in [6, 6.07) is 6.01. The van der Waals surface area contributed by atoms with Gasteiger partial charge in [-0.25, -0.2) is 0 Å². The number of thioether (sulfide) groups is 1. The highest BCUT2D eigenvalue weighted by molar-refractivity contribution is 8.00. The van der Waals surface area contributed by atoms with Crippen molar-refractivity contribution in [3.63, 3.8) is 0 Å². The number of carbonyl (C=O) groups excluding carboxylic acids is 1. The Kier molecular flexibility index (Phi) is 12.9. The Morgan fingerprint density at radius 2 is 1.82 bits per heavy atom. The van der Waals surface area contributed by atoms with Crippen LogP contribution in [0.15, 0.2) is 18.2 Å². The van der Waals surface area contributed by atoms with E-state index in [0.29, 0.717) is 6.79 Å². The van der Waals surface area contributed by atoms with E-state index >= 15 is 0 Å². The third-order valence-corrected chi connectivity index (χ3v) is 9.42. The first kappa shape index (κ1) is 29.6. The normalized spacial score (nSPS) is 17.9. The van der Waals surface area contributed by atoms with Gasteiger partial charge in [-0.15, -0.1) is 11.8 Å². The summed E-state index contributed by atoms with van der Waals surface area (Å²) in [4.78, 5) is 12.1. The maximum Gasteiger partial charge on any atom is 0.256 e. The molecule has 194 valence electrons. The average Bonchev–Trinajstić information content (AvgIpc) is 3.40. The minimum atomic E-state index is -0.928. The number of hydrogen-bond acceptors (Lipinski definition) is 5. The van der Waals surface area contributed by atoms with E-state index in [4.69, 9.17) is 32.7 Å². The fraction of sp³-hybridized carbons (Fsp3) is 0.720. The number of carbonyl (C=O) groups is 1.